The van der Waals surface area contributed by atoms with Crippen molar-refractivity contribution in [2.24, 2.45) is 7.05 Å². The Kier molecular flexibility index (Phi) is 4.08. The highest BCUT2D eigenvalue weighted by molar-refractivity contribution is 5.90. The Morgan fingerprint density at radius 1 is 1.59 bits per heavy atom. The quantitative estimate of drug-likeness (QED) is 0.722. The Bertz CT molecular complexity index is 427. The van der Waals surface area contributed by atoms with Gasteiger partial charge in [0, 0.05) is 19.3 Å². The van der Waals surface area contributed by atoms with E-state index in [0.717, 1.165) is 0 Å². The summed E-state index contributed by atoms with van der Waals surface area (Å²) in [5, 5.41) is 17.8. The van der Waals surface area contributed by atoms with Gasteiger partial charge < -0.3 is 15.7 Å². The monoisotopic (exact) mass is 240 g/mol. The molecule has 1 aromatic heterocycles. The van der Waals surface area contributed by atoms with Crippen molar-refractivity contribution in [2.45, 2.75) is 26.3 Å². The minimum atomic E-state index is -0.949. The summed E-state index contributed by atoms with van der Waals surface area (Å²) < 4.78 is 1.59. The SMILES string of the molecule is Cc1nn(C)cc1NC(=O)NC(C)CC(=O)O. The Hall–Kier alpha value is -2.05. The molecule has 0 aliphatic rings. The summed E-state index contributed by atoms with van der Waals surface area (Å²) >= 11 is 0. The summed E-state index contributed by atoms with van der Waals surface area (Å²) in [6.07, 6.45) is 1.57. The Balaban J connectivity index is 2.50. The number of anilines is 1. The van der Waals surface area contributed by atoms with E-state index in [9.17, 15) is 9.59 Å². The van der Waals surface area contributed by atoms with Crippen LogP contribution in [0.1, 0.15) is 19.0 Å². The number of carboxylic acids is 1. The molecule has 1 unspecified atom stereocenters. The van der Waals surface area contributed by atoms with Crippen LogP contribution in [-0.2, 0) is 11.8 Å². The number of hydrogen-bond donors (Lipinski definition) is 3. The smallest absolute Gasteiger partial charge is 0.319 e. The first-order valence-corrected chi connectivity index (χ1v) is 5.18. The molecule has 0 aliphatic heterocycles. The second-order valence-electron chi connectivity index (χ2n) is 3.90. The van der Waals surface area contributed by atoms with Gasteiger partial charge in [-0.25, -0.2) is 4.79 Å². The van der Waals surface area contributed by atoms with E-state index in [1.54, 1.807) is 31.8 Å². The number of amides is 2. The number of carbonyl (C=O) groups excluding carboxylic acids is 1. The molecular formula is C10H16N4O3. The zero-order chi connectivity index (χ0) is 13.0. The molecule has 7 nitrogen and oxygen atoms in total. The van der Waals surface area contributed by atoms with E-state index in [1.807, 2.05) is 0 Å². The Labute approximate surface area is 98.8 Å². The Morgan fingerprint density at radius 3 is 2.71 bits per heavy atom. The lowest BCUT2D eigenvalue weighted by molar-refractivity contribution is -0.137. The normalized spacial score (nSPS) is 11.9. The number of rotatable bonds is 4. The largest absolute Gasteiger partial charge is 0.481 e. The number of nitrogens with one attached hydrogen (secondary N) is 2. The number of nitrogens with zero attached hydrogens (tertiary/aromatic N) is 2. The molecule has 94 valence electrons. The van der Waals surface area contributed by atoms with Gasteiger partial charge in [-0.3, -0.25) is 9.48 Å². The molecule has 0 fully saturated rings. The maximum absolute atomic E-state index is 11.5. The van der Waals surface area contributed by atoms with Crippen molar-refractivity contribution in [3.63, 3.8) is 0 Å². The summed E-state index contributed by atoms with van der Waals surface area (Å²) in [5.41, 5.74) is 1.31. The Morgan fingerprint density at radius 2 is 2.24 bits per heavy atom. The number of urea groups is 1. The van der Waals surface area contributed by atoms with Crippen LogP contribution in [0.4, 0.5) is 10.5 Å². The van der Waals surface area contributed by atoms with Gasteiger partial charge >= 0.3 is 12.0 Å². The number of aryl methyl sites for hydroxylation is 2. The highest BCUT2D eigenvalue weighted by atomic mass is 16.4. The lowest BCUT2D eigenvalue weighted by Gasteiger charge is -2.11. The molecule has 17 heavy (non-hydrogen) atoms. The van der Waals surface area contributed by atoms with Crippen molar-refractivity contribution in [1.82, 2.24) is 15.1 Å². The lowest BCUT2D eigenvalue weighted by atomic mass is 10.2. The van der Waals surface area contributed by atoms with Crippen molar-refractivity contribution < 1.29 is 14.7 Å². The lowest BCUT2D eigenvalue weighted by Crippen LogP contribution is -2.37. The molecule has 0 radical (unpaired) electrons. The van der Waals surface area contributed by atoms with E-state index in [2.05, 4.69) is 15.7 Å². The first-order valence-electron chi connectivity index (χ1n) is 5.18. The van der Waals surface area contributed by atoms with Crippen LogP contribution in [0.5, 0.6) is 0 Å². The van der Waals surface area contributed by atoms with Gasteiger partial charge in [0.1, 0.15) is 0 Å². The second kappa shape index (κ2) is 5.33. The number of carboxylic acid groups (broad SMARTS) is 1. The molecule has 0 spiro atoms. The third-order valence-electron chi connectivity index (χ3n) is 2.12. The zero-order valence-corrected chi connectivity index (χ0v) is 10.0. The van der Waals surface area contributed by atoms with Crippen molar-refractivity contribution in [3.8, 4) is 0 Å². The second-order valence-corrected chi connectivity index (χ2v) is 3.90. The molecule has 7 heteroatoms. The molecule has 1 rings (SSSR count). The maximum Gasteiger partial charge on any atom is 0.319 e. The maximum atomic E-state index is 11.5. The molecule has 0 saturated carbocycles. The van der Waals surface area contributed by atoms with Crippen molar-refractivity contribution in [1.29, 1.82) is 0 Å². The predicted molar refractivity (Wildman–Crippen MR) is 61.8 cm³/mol. The van der Waals surface area contributed by atoms with Gasteiger partial charge in [0.15, 0.2) is 0 Å². The van der Waals surface area contributed by atoms with Crippen molar-refractivity contribution in [3.05, 3.63) is 11.9 Å². The van der Waals surface area contributed by atoms with Gasteiger partial charge in [0.2, 0.25) is 0 Å². The van der Waals surface area contributed by atoms with E-state index >= 15 is 0 Å². The fraction of sp³-hybridized carbons (Fsp3) is 0.500. The zero-order valence-electron chi connectivity index (χ0n) is 10.0. The van der Waals surface area contributed by atoms with Crippen LogP contribution in [0.2, 0.25) is 0 Å². The molecule has 3 N–H and O–H groups in total. The summed E-state index contributed by atoms with van der Waals surface area (Å²) in [6.45, 7) is 3.40. The van der Waals surface area contributed by atoms with Crippen LogP contribution < -0.4 is 10.6 Å². The summed E-state index contributed by atoms with van der Waals surface area (Å²) in [6, 6.07) is -0.862. The molecular weight excluding hydrogens is 224 g/mol. The van der Waals surface area contributed by atoms with Crippen LogP contribution in [0.15, 0.2) is 6.20 Å². The fourth-order valence-corrected chi connectivity index (χ4v) is 1.42. The predicted octanol–water partition coefficient (Wildman–Crippen LogP) is 0.713. The number of hydrogen-bond acceptors (Lipinski definition) is 3. The molecule has 0 aromatic carbocycles. The molecule has 0 saturated heterocycles. The van der Waals surface area contributed by atoms with Crippen LogP contribution >= 0.6 is 0 Å². The molecule has 0 aliphatic carbocycles. The van der Waals surface area contributed by atoms with Crippen LogP contribution in [0, 0.1) is 6.92 Å². The first kappa shape index (κ1) is 13.0. The summed E-state index contributed by atoms with van der Waals surface area (Å²) in [5.74, 6) is -0.949. The van der Waals surface area contributed by atoms with Gasteiger partial charge in [0.05, 0.1) is 17.8 Å². The van der Waals surface area contributed by atoms with Crippen molar-refractivity contribution >= 4 is 17.7 Å². The molecule has 1 heterocycles. The van der Waals surface area contributed by atoms with Crippen LogP contribution in [0.3, 0.4) is 0 Å². The molecule has 0 bridgehead atoms. The van der Waals surface area contributed by atoms with Gasteiger partial charge in [-0.15, -0.1) is 0 Å². The van der Waals surface area contributed by atoms with E-state index < -0.39 is 18.0 Å². The van der Waals surface area contributed by atoms with Gasteiger partial charge in [-0.1, -0.05) is 0 Å². The fourth-order valence-electron chi connectivity index (χ4n) is 1.42. The standard InChI is InChI=1S/C10H16N4O3/c1-6(4-9(15)16)11-10(17)12-8-5-14(3)13-7(8)2/h5-6H,4H2,1-3H3,(H,15,16)(H2,11,12,17). The third-order valence-corrected chi connectivity index (χ3v) is 2.12. The third kappa shape index (κ3) is 4.13. The van der Waals surface area contributed by atoms with E-state index in [1.165, 1.54) is 0 Å². The van der Waals surface area contributed by atoms with Gasteiger partial charge in [0.25, 0.3) is 0 Å². The number of carbonyl (C=O) groups is 2. The van der Waals surface area contributed by atoms with Crippen LogP contribution in [0.25, 0.3) is 0 Å². The number of aromatic nitrogens is 2. The minimum absolute atomic E-state index is 0.112. The highest BCUT2D eigenvalue weighted by Gasteiger charge is 2.12. The van der Waals surface area contributed by atoms with E-state index in [-0.39, 0.29) is 6.42 Å². The topological polar surface area (TPSA) is 96.3 Å². The van der Waals surface area contributed by atoms with Gasteiger partial charge in [-0.05, 0) is 13.8 Å². The summed E-state index contributed by atoms with van der Waals surface area (Å²) in [7, 11) is 1.75. The average molecular weight is 240 g/mol. The van der Waals surface area contributed by atoms with E-state index in [4.69, 9.17) is 5.11 Å². The molecule has 1 aromatic rings. The number of aliphatic carboxylic acids is 1. The average Bonchev–Trinajstić information content (AvgIpc) is 2.42. The van der Waals surface area contributed by atoms with Gasteiger partial charge in [-0.2, -0.15) is 5.10 Å². The molecule has 1 atom stereocenters. The minimum Gasteiger partial charge on any atom is -0.481 e. The molecule has 2 amide bonds. The van der Waals surface area contributed by atoms with Crippen LogP contribution in [-0.4, -0.2) is 32.9 Å². The van der Waals surface area contributed by atoms with E-state index in [0.29, 0.717) is 11.4 Å². The highest BCUT2D eigenvalue weighted by Crippen LogP contribution is 2.10. The first-order chi connectivity index (χ1) is 7.88. The van der Waals surface area contributed by atoms with Crippen molar-refractivity contribution in [2.75, 3.05) is 5.32 Å². The summed E-state index contributed by atoms with van der Waals surface area (Å²) in [4.78, 5) is 21.9.